The molecule has 0 aliphatic rings. The highest BCUT2D eigenvalue weighted by molar-refractivity contribution is 5.96. The van der Waals surface area contributed by atoms with Crippen molar-refractivity contribution in [2.24, 2.45) is 0 Å². The summed E-state index contributed by atoms with van der Waals surface area (Å²) in [6.07, 6.45) is 1.11. The zero-order valence-electron chi connectivity index (χ0n) is 13.8. The molecule has 23 heavy (non-hydrogen) atoms. The van der Waals surface area contributed by atoms with Gasteiger partial charge in [-0.25, -0.2) is 0 Å². The second-order valence-corrected chi connectivity index (χ2v) is 5.73. The fourth-order valence-electron chi connectivity index (χ4n) is 2.00. The van der Waals surface area contributed by atoms with Crippen molar-refractivity contribution in [2.75, 3.05) is 0 Å². The van der Waals surface area contributed by atoms with Crippen molar-refractivity contribution in [1.82, 2.24) is 0 Å². The van der Waals surface area contributed by atoms with Crippen LogP contribution in [0.15, 0.2) is 48.5 Å². The minimum atomic E-state index is -0.0625. The number of carbonyl (C=O) groups is 2. The second kappa shape index (κ2) is 10.5. The van der Waals surface area contributed by atoms with E-state index in [0.29, 0.717) is 0 Å². The fraction of sp³-hybridized carbons (Fsp3) is 0.333. The Morgan fingerprint density at radius 2 is 1.00 bits per heavy atom. The van der Waals surface area contributed by atoms with E-state index in [2.05, 4.69) is 62.4 Å². The molecule has 0 spiro atoms. The van der Waals surface area contributed by atoms with Gasteiger partial charge in [0.1, 0.15) is 11.6 Å². The van der Waals surface area contributed by atoms with Crippen LogP contribution in [-0.2, 0) is 16.0 Å². The summed E-state index contributed by atoms with van der Waals surface area (Å²) < 4.78 is 0. The molecule has 0 aliphatic carbocycles. The maximum Gasteiger partial charge on any atom is 0.137 e. The number of hydrogen-bond acceptors (Lipinski definition) is 2. The van der Waals surface area contributed by atoms with Gasteiger partial charge >= 0.3 is 0 Å². The molecule has 2 rings (SSSR count). The third kappa shape index (κ3) is 9.41. The topological polar surface area (TPSA) is 34.1 Å². The molecule has 0 fully saturated rings. The Morgan fingerprint density at radius 3 is 1.22 bits per heavy atom. The fourth-order valence-corrected chi connectivity index (χ4v) is 2.00. The Labute approximate surface area is 140 Å². The molecule has 2 nitrogen and oxygen atoms in total. The molecule has 2 heteroatoms. The molecule has 0 amide bonds. The number of aryl methyl sites for hydroxylation is 2. The zero-order valence-corrected chi connectivity index (χ0v) is 13.8. The maximum absolute atomic E-state index is 10.0. The van der Waals surface area contributed by atoms with Crippen LogP contribution < -0.4 is 0 Å². The molecule has 0 saturated carbocycles. The lowest BCUT2D eigenvalue weighted by atomic mass is 10.0. The summed E-state index contributed by atoms with van der Waals surface area (Å²) in [5, 5.41) is 0. The molecule has 0 saturated heterocycles. The molecule has 0 N–H and O–H groups in total. The van der Waals surface area contributed by atoms with Crippen LogP contribution in [0.4, 0.5) is 0 Å². The van der Waals surface area contributed by atoms with Crippen LogP contribution in [-0.4, -0.2) is 11.6 Å². The summed E-state index contributed by atoms with van der Waals surface area (Å²) in [6.45, 7) is 7.05. The Hall–Kier alpha value is -2.22. The van der Waals surface area contributed by atoms with E-state index < -0.39 is 0 Å². The summed E-state index contributed by atoms with van der Waals surface area (Å²) in [6, 6.07) is 17.5. The lowest BCUT2D eigenvalue weighted by Crippen LogP contribution is -1.97. The van der Waals surface area contributed by atoms with E-state index in [4.69, 9.17) is 0 Å². The van der Waals surface area contributed by atoms with Crippen LogP contribution in [0.1, 0.15) is 49.9 Å². The number of hydrogen-bond donors (Lipinski definition) is 0. The average molecular weight is 312 g/mol. The Kier molecular flexibility index (Phi) is 9.48. The first kappa shape index (κ1) is 20.8. The van der Waals surface area contributed by atoms with E-state index in [1.807, 2.05) is 0 Å². The molecule has 0 unspecified atom stereocenters. The third-order valence-corrected chi connectivity index (χ3v) is 3.15. The van der Waals surface area contributed by atoms with Gasteiger partial charge in [-0.05, 0) is 45.2 Å². The zero-order chi connectivity index (χ0) is 16.5. The van der Waals surface area contributed by atoms with Crippen molar-refractivity contribution >= 4 is 11.6 Å². The molecule has 124 valence electrons. The van der Waals surface area contributed by atoms with E-state index in [-0.39, 0.29) is 25.4 Å². The Morgan fingerprint density at radius 1 is 0.696 bits per heavy atom. The summed E-state index contributed by atoms with van der Waals surface area (Å²) >= 11 is 0. The first-order valence-electron chi connectivity index (χ1n) is 7.47. The smallest absolute Gasteiger partial charge is 0.137 e. The standard InChI is InChI=1S/C15H16.C5H8O2.CH4/c1-12-3-7-14(8-4-12)11-15-9-5-13(2)6-10-15;1-4(6)3-5(2)7;/h3-10H,11H2,1-2H3;3H2,1-2H3;1H4. The molecular weight excluding hydrogens is 284 g/mol. The molecule has 2 aromatic carbocycles. The van der Waals surface area contributed by atoms with Gasteiger partial charge in [0.15, 0.2) is 0 Å². The van der Waals surface area contributed by atoms with Gasteiger partial charge in [0.05, 0.1) is 6.42 Å². The molecule has 0 aliphatic heterocycles. The predicted molar refractivity (Wildman–Crippen MR) is 97.9 cm³/mol. The Balaban J connectivity index is 0.000000522. The average Bonchev–Trinajstić information content (AvgIpc) is 2.43. The second-order valence-electron chi connectivity index (χ2n) is 5.73. The van der Waals surface area contributed by atoms with Gasteiger partial charge in [0.25, 0.3) is 0 Å². The number of benzene rings is 2. The number of ketones is 2. The van der Waals surface area contributed by atoms with Crippen molar-refractivity contribution < 1.29 is 9.59 Å². The number of carbonyl (C=O) groups excluding carboxylic acids is 2. The van der Waals surface area contributed by atoms with Gasteiger partial charge in [-0.15, -0.1) is 0 Å². The first-order chi connectivity index (χ1) is 10.4. The molecule has 0 radical (unpaired) electrons. The van der Waals surface area contributed by atoms with E-state index >= 15 is 0 Å². The number of rotatable bonds is 4. The monoisotopic (exact) mass is 312 g/mol. The molecule has 2 aromatic rings. The molecule has 0 aromatic heterocycles. The van der Waals surface area contributed by atoms with E-state index in [9.17, 15) is 9.59 Å². The van der Waals surface area contributed by atoms with Crippen molar-refractivity contribution in [3.63, 3.8) is 0 Å². The maximum atomic E-state index is 10.0. The summed E-state index contributed by atoms with van der Waals surface area (Å²) in [5.41, 5.74) is 5.40. The molecule has 0 bridgehead atoms. The lowest BCUT2D eigenvalue weighted by molar-refractivity contribution is -0.124. The van der Waals surface area contributed by atoms with E-state index in [0.717, 1.165) is 6.42 Å². The van der Waals surface area contributed by atoms with E-state index in [1.165, 1.54) is 36.1 Å². The van der Waals surface area contributed by atoms with Crippen molar-refractivity contribution in [3.05, 3.63) is 70.8 Å². The molecular formula is C21H28O2. The predicted octanol–water partition coefficient (Wildman–Crippen LogP) is 5.08. The van der Waals surface area contributed by atoms with Crippen LogP contribution in [0.3, 0.4) is 0 Å². The lowest BCUT2D eigenvalue weighted by Gasteiger charge is -2.03. The van der Waals surface area contributed by atoms with Gasteiger partial charge in [0, 0.05) is 0 Å². The summed E-state index contributed by atoms with van der Waals surface area (Å²) in [4.78, 5) is 20.1. The quantitative estimate of drug-likeness (QED) is 0.737. The van der Waals surface area contributed by atoms with Crippen molar-refractivity contribution in [3.8, 4) is 0 Å². The van der Waals surface area contributed by atoms with Gasteiger partial charge < -0.3 is 0 Å². The van der Waals surface area contributed by atoms with Crippen LogP contribution >= 0.6 is 0 Å². The van der Waals surface area contributed by atoms with Crippen LogP contribution in [0.25, 0.3) is 0 Å². The van der Waals surface area contributed by atoms with Gasteiger partial charge in [-0.3, -0.25) is 9.59 Å². The highest BCUT2D eigenvalue weighted by Crippen LogP contribution is 2.11. The largest absolute Gasteiger partial charge is 0.300 e. The molecule has 0 heterocycles. The van der Waals surface area contributed by atoms with E-state index in [1.54, 1.807) is 0 Å². The first-order valence-corrected chi connectivity index (χ1v) is 7.47. The van der Waals surface area contributed by atoms with Crippen LogP contribution in [0.2, 0.25) is 0 Å². The van der Waals surface area contributed by atoms with Crippen LogP contribution in [0.5, 0.6) is 0 Å². The summed E-state index contributed by atoms with van der Waals surface area (Å²) in [5.74, 6) is -0.125. The Bertz CT molecular complexity index is 552. The normalized spacial score (nSPS) is 9.22. The van der Waals surface area contributed by atoms with Crippen molar-refractivity contribution in [2.45, 2.75) is 48.0 Å². The minimum absolute atomic E-state index is 0. The highest BCUT2D eigenvalue weighted by Gasteiger charge is 1.96. The SMILES string of the molecule is C.CC(=O)CC(C)=O.Cc1ccc(Cc2ccc(C)cc2)cc1. The highest BCUT2D eigenvalue weighted by atomic mass is 16.1. The van der Waals surface area contributed by atoms with Gasteiger partial charge in [-0.2, -0.15) is 0 Å². The number of Topliss-reactive ketones (excluding diaryl/α,β-unsaturated/α-hetero) is 2. The van der Waals surface area contributed by atoms with Gasteiger partial charge in [0.2, 0.25) is 0 Å². The van der Waals surface area contributed by atoms with Gasteiger partial charge in [-0.1, -0.05) is 67.1 Å². The summed E-state index contributed by atoms with van der Waals surface area (Å²) in [7, 11) is 0. The minimum Gasteiger partial charge on any atom is -0.300 e. The van der Waals surface area contributed by atoms with Crippen LogP contribution in [0, 0.1) is 13.8 Å². The van der Waals surface area contributed by atoms with Crippen molar-refractivity contribution in [1.29, 1.82) is 0 Å². The third-order valence-electron chi connectivity index (χ3n) is 3.15. The molecule has 0 atom stereocenters.